The quantitative estimate of drug-likeness (QED) is 0.794. The first-order valence-corrected chi connectivity index (χ1v) is 6.80. The van der Waals surface area contributed by atoms with Gasteiger partial charge in [0.2, 0.25) is 10.0 Å². The SMILES string of the molecule is Cc1c(F)cc(N)cc1S(=O)(=O)N(C)C(C)CO. The molecule has 1 unspecified atom stereocenters. The molecule has 5 nitrogen and oxygen atoms in total. The number of likely N-dealkylation sites (N-methyl/N-ethyl adjacent to an activating group) is 1. The van der Waals surface area contributed by atoms with Crippen molar-refractivity contribution < 1.29 is 17.9 Å². The summed E-state index contributed by atoms with van der Waals surface area (Å²) in [4.78, 5) is -0.178. The van der Waals surface area contributed by atoms with E-state index >= 15 is 0 Å². The zero-order valence-corrected chi connectivity index (χ0v) is 11.3. The van der Waals surface area contributed by atoms with Crippen molar-refractivity contribution in [1.29, 1.82) is 0 Å². The fraction of sp³-hybridized carbons (Fsp3) is 0.455. The number of halogens is 1. The number of sulfonamides is 1. The molecule has 0 aromatic heterocycles. The molecule has 0 fully saturated rings. The van der Waals surface area contributed by atoms with Gasteiger partial charge in [0.15, 0.2) is 0 Å². The number of anilines is 1. The van der Waals surface area contributed by atoms with E-state index in [1.807, 2.05) is 0 Å². The molecule has 7 heteroatoms. The lowest BCUT2D eigenvalue weighted by Crippen LogP contribution is -2.37. The van der Waals surface area contributed by atoms with E-state index in [0.717, 1.165) is 10.4 Å². The fourth-order valence-electron chi connectivity index (χ4n) is 1.45. The standard InChI is InChI=1S/C11H17FN2O3S/c1-7(6-15)14(3)18(16,17)11-5-9(13)4-10(12)8(11)2/h4-5,7,15H,6,13H2,1-3H3. The van der Waals surface area contributed by atoms with Crippen LogP contribution in [-0.4, -0.2) is 37.5 Å². The molecule has 18 heavy (non-hydrogen) atoms. The Hall–Kier alpha value is -1.18. The van der Waals surface area contributed by atoms with E-state index in [9.17, 15) is 12.8 Å². The summed E-state index contributed by atoms with van der Waals surface area (Å²) in [5.41, 5.74) is 5.52. The third-order valence-corrected chi connectivity index (χ3v) is 4.96. The number of benzene rings is 1. The normalized spacial score (nSPS) is 13.9. The molecule has 0 aliphatic heterocycles. The monoisotopic (exact) mass is 276 g/mol. The molecular weight excluding hydrogens is 259 g/mol. The molecule has 0 saturated carbocycles. The minimum atomic E-state index is -3.87. The van der Waals surface area contributed by atoms with Gasteiger partial charge in [-0.05, 0) is 26.0 Å². The van der Waals surface area contributed by atoms with Gasteiger partial charge in [0.25, 0.3) is 0 Å². The molecule has 0 amide bonds. The summed E-state index contributed by atoms with van der Waals surface area (Å²) in [5, 5.41) is 8.99. The third-order valence-electron chi connectivity index (χ3n) is 2.86. The second-order valence-electron chi connectivity index (χ2n) is 4.18. The number of hydrogen-bond donors (Lipinski definition) is 2. The lowest BCUT2D eigenvalue weighted by atomic mass is 10.2. The van der Waals surface area contributed by atoms with Crippen LogP contribution < -0.4 is 5.73 Å². The molecule has 0 aliphatic rings. The van der Waals surface area contributed by atoms with Crippen molar-refractivity contribution in [3.8, 4) is 0 Å². The molecule has 0 heterocycles. The molecule has 0 radical (unpaired) electrons. The van der Waals surface area contributed by atoms with E-state index in [2.05, 4.69) is 0 Å². The average Bonchev–Trinajstić information content (AvgIpc) is 2.31. The van der Waals surface area contributed by atoms with Gasteiger partial charge in [-0.2, -0.15) is 4.31 Å². The summed E-state index contributed by atoms with van der Waals surface area (Å²) < 4.78 is 39.0. The summed E-state index contributed by atoms with van der Waals surface area (Å²) in [6, 6.07) is 1.69. The Morgan fingerprint density at radius 3 is 2.56 bits per heavy atom. The van der Waals surface area contributed by atoms with Crippen LogP contribution in [0, 0.1) is 12.7 Å². The van der Waals surface area contributed by atoms with Crippen molar-refractivity contribution in [2.24, 2.45) is 0 Å². The second-order valence-corrected chi connectivity index (χ2v) is 6.14. The van der Waals surface area contributed by atoms with Gasteiger partial charge in [0.1, 0.15) is 5.82 Å². The summed E-state index contributed by atoms with van der Waals surface area (Å²) in [5.74, 6) is -0.668. The second kappa shape index (κ2) is 5.21. The van der Waals surface area contributed by atoms with Gasteiger partial charge in [-0.25, -0.2) is 12.8 Å². The molecular formula is C11H17FN2O3S. The first-order chi connectivity index (χ1) is 8.21. The Morgan fingerprint density at radius 2 is 2.06 bits per heavy atom. The highest BCUT2D eigenvalue weighted by molar-refractivity contribution is 7.89. The smallest absolute Gasteiger partial charge is 0.243 e. The number of nitrogen functional groups attached to an aromatic ring is 1. The van der Waals surface area contributed by atoms with Crippen molar-refractivity contribution >= 4 is 15.7 Å². The Kier molecular flexibility index (Phi) is 4.31. The topological polar surface area (TPSA) is 83.6 Å². The number of nitrogens with two attached hydrogens (primary N) is 1. The van der Waals surface area contributed by atoms with Gasteiger partial charge in [0, 0.05) is 24.3 Å². The van der Waals surface area contributed by atoms with Crippen LogP contribution in [0.4, 0.5) is 10.1 Å². The summed E-state index contributed by atoms with van der Waals surface area (Å²) in [6.45, 7) is 2.61. The van der Waals surface area contributed by atoms with E-state index in [4.69, 9.17) is 10.8 Å². The molecule has 3 N–H and O–H groups in total. The van der Waals surface area contributed by atoms with Crippen LogP contribution in [0.25, 0.3) is 0 Å². The van der Waals surface area contributed by atoms with Gasteiger partial charge < -0.3 is 10.8 Å². The Balaban J connectivity index is 3.37. The molecule has 0 bridgehead atoms. The Morgan fingerprint density at radius 1 is 1.50 bits per heavy atom. The van der Waals surface area contributed by atoms with Crippen molar-refractivity contribution in [1.82, 2.24) is 4.31 Å². The van der Waals surface area contributed by atoms with Crippen LogP contribution in [0.15, 0.2) is 17.0 Å². The molecule has 1 rings (SSSR count). The molecule has 0 saturated heterocycles. The van der Waals surface area contributed by atoms with Crippen LogP contribution in [0.5, 0.6) is 0 Å². The highest BCUT2D eigenvalue weighted by Crippen LogP contribution is 2.25. The molecule has 0 aliphatic carbocycles. The van der Waals surface area contributed by atoms with Crippen molar-refractivity contribution in [2.75, 3.05) is 19.4 Å². The average molecular weight is 276 g/mol. The summed E-state index contributed by atoms with van der Waals surface area (Å²) in [7, 11) is -2.54. The number of rotatable bonds is 4. The molecule has 102 valence electrons. The highest BCUT2D eigenvalue weighted by Gasteiger charge is 2.27. The predicted octanol–water partition coefficient (Wildman–Crippen LogP) is 0.718. The van der Waals surface area contributed by atoms with E-state index in [1.54, 1.807) is 6.92 Å². The van der Waals surface area contributed by atoms with Crippen LogP contribution >= 0.6 is 0 Å². The van der Waals surface area contributed by atoms with Gasteiger partial charge in [-0.1, -0.05) is 0 Å². The van der Waals surface area contributed by atoms with Crippen molar-refractivity contribution in [2.45, 2.75) is 24.8 Å². The molecule has 0 spiro atoms. The summed E-state index contributed by atoms with van der Waals surface area (Å²) >= 11 is 0. The highest BCUT2D eigenvalue weighted by atomic mass is 32.2. The molecule has 1 atom stereocenters. The lowest BCUT2D eigenvalue weighted by Gasteiger charge is -2.23. The zero-order chi connectivity index (χ0) is 14.1. The van der Waals surface area contributed by atoms with Gasteiger partial charge in [-0.3, -0.25) is 0 Å². The fourth-order valence-corrected chi connectivity index (χ4v) is 3.07. The number of aliphatic hydroxyl groups excluding tert-OH is 1. The van der Waals surface area contributed by atoms with E-state index in [0.29, 0.717) is 0 Å². The Bertz CT molecular complexity index is 545. The predicted molar refractivity (Wildman–Crippen MR) is 67.0 cm³/mol. The van der Waals surface area contributed by atoms with E-state index in [-0.39, 0.29) is 22.8 Å². The zero-order valence-electron chi connectivity index (χ0n) is 10.5. The van der Waals surface area contributed by atoms with Crippen molar-refractivity contribution in [3.05, 3.63) is 23.5 Å². The van der Waals surface area contributed by atoms with Gasteiger partial charge in [0.05, 0.1) is 11.5 Å². The van der Waals surface area contributed by atoms with Crippen LogP contribution in [0.2, 0.25) is 0 Å². The van der Waals surface area contributed by atoms with Crippen LogP contribution in [0.3, 0.4) is 0 Å². The largest absolute Gasteiger partial charge is 0.399 e. The number of hydrogen-bond acceptors (Lipinski definition) is 4. The molecule has 1 aromatic carbocycles. The summed E-state index contributed by atoms with van der Waals surface area (Å²) in [6.07, 6.45) is 0. The van der Waals surface area contributed by atoms with Gasteiger partial charge in [-0.15, -0.1) is 0 Å². The first kappa shape index (κ1) is 14.9. The first-order valence-electron chi connectivity index (χ1n) is 5.36. The number of nitrogens with zero attached hydrogens (tertiary/aromatic N) is 1. The van der Waals surface area contributed by atoms with Crippen LogP contribution in [-0.2, 0) is 10.0 Å². The minimum Gasteiger partial charge on any atom is -0.399 e. The maximum Gasteiger partial charge on any atom is 0.243 e. The van der Waals surface area contributed by atoms with Gasteiger partial charge >= 0.3 is 0 Å². The number of aliphatic hydroxyl groups is 1. The van der Waals surface area contributed by atoms with E-state index < -0.39 is 21.9 Å². The minimum absolute atomic E-state index is 0.0150. The molecule has 1 aromatic rings. The van der Waals surface area contributed by atoms with E-state index in [1.165, 1.54) is 20.0 Å². The maximum absolute atomic E-state index is 13.5. The van der Waals surface area contributed by atoms with Crippen molar-refractivity contribution in [3.63, 3.8) is 0 Å². The maximum atomic E-state index is 13.5. The lowest BCUT2D eigenvalue weighted by molar-refractivity contribution is 0.213. The Labute approximate surface area is 106 Å². The third kappa shape index (κ3) is 2.63. The van der Waals surface area contributed by atoms with Crippen LogP contribution in [0.1, 0.15) is 12.5 Å².